The third-order valence-corrected chi connectivity index (χ3v) is 4.66. The van der Waals surface area contributed by atoms with E-state index in [1.165, 1.54) is 5.56 Å². The number of aryl methyl sites for hydroxylation is 2. The van der Waals surface area contributed by atoms with Gasteiger partial charge < -0.3 is 9.05 Å². The molecular weight excluding hydrogens is 304 g/mol. The third kappa shape index (κ3) is 2.85. The Bertz CT molecular complexity index is 805. The molecule has 0 amide bonds. The quantitative estimate of drug-likeness (QED) is 0.733. The highest BCUT2D eigenvalue weighted by molar-refractivity contribution is 5.53. The van der Waals surface area contributed by atoms with Crippen LogP contribution in [0.5, 0.6) is 0 Å². The molecule has 0 radical (unpaired) electrons. The Labute approximate surface area is 140 Å². The van der Waals surface area contributed by atoms with Gasteiger partial charge in [0.15, 0.2) is 0 Å². The summed E-state index contributed by atoms with van der Waals surface area (Å²) in [5, 5.41) is 8.16. The Morgan fingerprint density at radius 1 is 1.12 bits per heavy atom. The Balaban J connectivity index is 1.45. The van der Waals surface area contributed by atoms with Crippen molar-refractivity contribution in [2.45, 2.75) is 32.7 Å². The monoisotopic (exact) mass is 324 g/mol. The molecule has 0 saturated carbocycles. The number of benzene rings is 1. The highest BCUT2D eigenvalue weighted by Gasteiger charge is 2.29. The molecule has 2 aromatic heterocycles. The Morgan fingerprint density at radius 3 is 2.71 bits per heavy atom. The van der Waals surface area contributed by atoms with E-state index in [0.717, 1.165) is 49.0 Å². The van der Waals surface area contributed by atoms with Crippen molar-refractivity contribution in [2.75, 3.05) is 13.1 Å². The lowest BCUT2D eigenvalue weighted by Crippen LogP contribution is -2.20. The van der Waals surface area contributed by atoms with Crippen molar-refractivity contribution >= 4 is 0 Å². The van der Waals surface area contributed by atoms with E-state index in [2.05, 4.69) is 20.2 Å². The molecule has 0 N–H and O–H groups in total. The zero-order chi connectivity index (χ0) is 16.5. The molecule has 0 bridgehead atoms. The summed E-state index contributed by atoms with van der Waals surface area (Å²) in [6.45, 7) is 6.74. The van der Waals surface area contributed by atoms with Gasteiger partial charge >= 0.3 is 0 Å². The summed E-state index contributed by atoms with van der Waals surface area (Å²) < 4.78 is 10.8. The van der Waals surface area contributed by atoms with Gasteiger partial charge in [0.05, 0.1) is 11.6 Å². The van der Waals surface area contributed by atoms with E-state index in [1.54, 1.807) is 0 Å². The van der Waals surface area contributed by atoms with Gasteiger partial charge in [0, 0.05) is 24.2 Å². The molecule has 4 rings (SSSR count). The topological polar surface area (TPSA) is 68.2 Å². The van der Waals surface area contributed by atoms with Crippen molar-refractivity contribution in [3.05, 3.63) is 53.2 Å². The van der Waals surface area contributed by atoms with Gasteiger partial charge in [-0.3, -0.25) is 4.90 Å². The van der Waals surface area contributed by atoms with Gasteiger partial charge in [0.25, 0.3) is 0 Å². The first kappa shape index (κ1) is 15.1. The van der Waals surface area contributed by atoms with Crippen LogP contribution in [-0.4, -0.2) is 33.3 Å². The Hall–Kier alpha value is -2.47. The molecule has 0 spiro atoms. The summed E-state index contributed by atoms with van der Waals surface area (Å²) in [5.74, 6) is 2.58. The zero-order valence-corrected chi connectivity index (χ0v) is 13.9. The van der Waals surface area contributed by atoms with Crippen molar-refractivity contribution in [1.29, 1.82) is 0 Å². The van der Waals surface area contributed by atoms with Crippen molar-refractivity contribution in [1.82, 2.24) is 20.2 Å². The van der Waals surface area contributed by atoms with Crippen LogP contribution in [0.4, 0.5) is 0 Å². The normalized spacial score (nSPS) is 18.3. The van der Waals surface area contributed by atoms with Gasteiger partial charge in [0.2, 0.25) is 11.7 Å². The molecule has 1 fully saturated rings. The average molecular weight is 324 g/mol. The van der Waals surface area contributed by atoms with E-state index < -0.39 is 0 Å². The Morgan fingerprint density at radius 2 is 1.96 bits per heavy atom. The fourth-order valence-corrected chi connectivity index (χ4v) is 3.23. The predicted molar refractivity (Wildman–Crippen MR) is 88.3 cm³/mol. The van der Waals surface area contributed by atoms with Gasteiger partial charge in [-0.25, -0.2) is 0 Å². The first-order chi connectivity index (χ1) is 11.7. The van der Waals surface area contributed by atoms with Crippen LogP contribution >= 0.6 is 0 Å². The molecule has 3 heterocycles. The van der Waals surface area contributed by atoms with E-state index in [1.807, 2.05) is 44.2 Å². The van der Waals surface area contributed by atoms with Crippen LogP contribution in [0.25, 0.3) is 11.4 Å². The summed E-state index contributed by atoms with van der Waals surface area (Å²) in [6.07, 6.45) is 1.03. The van der Waals surface area contributed by atoms with Gasteiger partial charge in [-0.1, -0.05) is 40.6 Å². The maximum atomic E-state index is 5.52. The first-order valence-corrected chi connectivity index (χ1v) is 8.24. The number of aromatic nitrogens is 3. The molecule has 1 saturated heterocycles. The van der Waals surface area contributed by atoms with Crippen LogP contribution in [-0.2, 0) is 6.54 Å². The molecule has 1 aromatic carbocycles. The summed E-state index contributed by atoms with van der Waals surface area (Å²) in [4.78, 5) is 6.99. The van der Waals surface area contributed by atoms with Gasteiger partial charge in [-0.15, -0.1) is 0 Å². The second kappa shape index (κ2) is 6.20. The number of likely N-dealkylation sites (tertiary alicyclic amines) is 1. The SMILES string of the molecule is Cc1noc(C)c1CN1CCC(c2nc(-c3ccccc3)no2)C1. The maximum absolute atomic E-state index is 5.52. The standard InChI is InChI=1S/C18H20N4O2/c1-12-16(13(2)23-20-12)11-22-9-8-15(10-22)18-19-17(21-24-18)14-6-4-3-5-7-14/h3-7,15H,8-11H2,1-2H3. The van der Waals surface area contributed by atoms with E-state index in [0.29, 0.717) is 5.82 Å². The fraction of sp³-hybridized carbons (Fsp3) is 0.389. The molecule has 124 valence electrons. The summed E-state index contributed by atoms with van der Waals surface area (Å²) in [5.41, 5.74) is 3.14. The lowest BCUT2D eigenvalue weighted by atomic mass is 10.1. The lowest BCUT2D eigenvalue weighted by Gasteiger charge is -2.14. The molecule has 1 aliphatic heterocycles. The van der Waals surface area contributed by atoms with E-state index >= 15 is 0 Å². The largest absolute Gasteiger partial charge is 0.361 e. The minimum atomic E-state index is 0.287. The molecule has 1 aliphatic rings. The van der Waals surface area contributed by atoms with Crippen molar-refractivity contribution in [3.63, 3.8) is 0 Å². The third-order valence-electron chi connectivity index (χ3n) is 4.66. The van der Waals surface area contributed by atoms with Crippen molar-refractivity contribution in [3.8, 4) is 11.4 Å². The van der Waals surface area contributed by atoms with Crippen molar-refractivity contribution < 1.29 is 9.05 Å². The minimum absolute atomic E-state index is 0.287. The number of rotatable bonds is 4. The highest BCUT2D eigenvalue weighted by Crippen LogP contribution is 2.29. The van der Waals surface area contributed by atoms with E-state index in [9.17, 15) is 0 Å². The van der Waals surface area contributed by atoms with Crippen LogP contribution < -0.4 is 0 Å². The molecule has 1 atom stereocenters. The highest BCUT2D eigenvalue weighted by atomic mass is 16.5. The average Bonchev–Trinajstić information content (AvgIpc) is 3.32. The summed E-state index contributed by atoms with van der Waals surface area (Å²) in [6, 6.07) is 9.92. The van der Waals surface area contributed by atoms with Gasteiger partial charge in [0.1, 0.15) is 5.76 Å². The summed E-state index contributed by atoms with van der Waals surface area (Å²) >= 11 is 0. The van der Waals surface area contributed by atoms with Gasteiger partial charge in [-0.2, -0.15) is 4.98 Å². The molecule has 1 unspecified atom stereocenters. The zero-order valence-electron chi connectivity index (χ0n) is 13.9. The molecule has 6 nitrogen and oxygen atoms in total. The predicted octanol–water partition coefficient (Wildman–Crippen LogP) is 3.33. The number of nitrogens with zero attached hydrogens (tertiary/aromatic N) is 4. The molecule has 0 aliphatic carbocycles. The second-order valence-corrected chi connectivity index (χ2v) is 6.35. The molecule has 24 heavy (non-hydrogen) atoms. The number of hydrogen-bond acceptors (Lipinski definition) is 6. The first-order valence-electron chi connectivity index (χ1n) is 8.24. The van der Waals surface area contributed by atoms with Crippen LogP contribution in [0.3, 0.4) is 0 Å². The van der Waals surface area contributed by atoms with Crippen LogP contribution in [0.2, 0.25) is 0 Å². The smallest absolute Gasteiger partial charge is 0.231 e. The molecule has 6 heteroatoms. The van der Waals surface area contributed by atoms with Gasteiger partial charge in [-0.05, 0) is 26.8 Å². The maximum Gasteiger partial charge on any atom is 0.231 e. The molecule has 3 aromatic rings. The Kier molecular flexibility index (Phi) is 3.90. The van der Waals surface area contributed by atoms with Crippen LogP contribution in [0.1, 0.15) is 35.2 Å². The van der Waals surface area contributed by atoms with Crippen LogP contribution in [0, 0.1) is 13.8 Å². The van der Waals surface area contributed by atoms with E-state index in [-0.39, 0.29) is 5.92 Å². The van der Waals surface area contributed by atoms with E-state index in [4.69, 9.17) is 9.05 Å². The lowest BCUT2D eigenvalue weighted by molar-refractivity contribution is 0.306. The minimum Gasteiger partial charge on any atom is -0.361 e. The summed E-state index contributed by atoms with van der Waals surface area (Å²) in [7, 11) is 0. The second-order valence-electron chi connectivity index (χ2n) is 6.35. The van der Waals surface area contributed by atoms with Crippen LogP contribution in [0.15, 0.2) is 39.4 Å². The fourth-order valence-electron chi connectivity index (χ4n) is 3.23. The van der Waals surface area contributed by atoms with Crippen molar-refractivity contribution in [2.24, 2.45) is 0 Å². The molecular formula is C18H20N4O2. The number of hydrogen-bond donors (Lipinski definition) is 0.